The van der Waals surface area contributed by atoms with Crippen LogP contribution < -0.4 is 5.73 Å². The first-order valence-electron chi connectivity index (χ1n) is 7.24. The Balaban J connectivity index is 1.85. The summed E-state index contributed by atoms with van der Waals surface area (Å²) in [4.78, 5) is 14.3. The first kappa shape index (κ1) is 13.8. The highest BCUT2D eigenvalue weighted by Crippen LogP contribution is 2.28. The molecule has 1 heterocycles. The van der Waals surface area contributed by atoms with Crippen LogP contribution in [0.4, 0.5) is 0 Å². The Hall–Kier alpha value is -0.610. The molecule has 0 bridgehead atoms. The summed E-state index contributed by atoms with van der Waals surface area (Å²) < 4.78 is 5.69. The normalized spacial score (nSPS) is 36.6. The molecule has 0 spiro atoms. The van der Waals surface area contributed by atoms with Crippen molar-refractivity contribution in [2.45, 2.75) is 63.7 Å². The van der Waals surface area contributed by atoms with Gasteiger partial charge in [0.25, 0.3) is 5.91 Å². The molecule has 104 valence electrons. The summed E-state index contributed by atoms with van der Waals surface area (Å²) in [5.74, 6) is 0.972. The van der Waals surface area contributed by atoms with Crippen molar-refractivity contribution < 1.29 is 9.53 Å². The Labute approximate surface area is 110 Å². The molecule has 2 aliphatic rings. The molecule has 4 heteroatoms. The fourth-order valence-electron chi connectivity index (χ4n) is 3.10. The van der Waals surface area contributed by atoms with Crippen molar-refractivity contribution in [2.24, 2.45) is 11.7 Å². The molecule has 2 rings (SSSR count). The molecule has 0 aromatic carbocycles. The number of amides is 1. The molecule has 1 aliphatic heterocycles. The maximum atomic E-state index is 12.3. The van der Waals surface area contributed by atoms with Crippen LogP contribution in [0.1, 0.15) is 45.4 Å². The zero-order valence-corrected chi connectivity index (χ0v) is 11.6. The van der Waals surface area contributed by atoms with E-state index in [4.69, 9.17) is 10.5 Å². The quantitative estimate of drug-likeness (QED) is 0.831. The van der Waals surface area contributed by atoms with Crippen molar-refractivity contribution in [3.05, 3.63) is 0 Å². The minimum absolute atomic E-state index is 0.0822. The number of nitrogens with zero attached hydrogens (tertiary/aromatic N) is 1. The van der Waals surface area contributed by atoms with Gasteiger partial charge in [-0.25, -0.2) is 0 Å². The van der Waals surface area contributed by atoms with Crippen LogP contribution in [0.15, 0.2) is 0 Å². The van der Waals surface area contributed by atoms with Crippen LogP contribution in [-0.4, -0.2) is 42.6 Å². The van der Waals surface area contributed by atoms with Gasteiger partial charge in [0, 0.05) is 19.6 Å². The average Bonchev–Trinajstić information content (AvgIpc) is 2.86. The highest BCUT2D eigenvalue weighted by molar-refractivity contribution is 5.81. The van der Waals surface area contributed by atoms with Crippen molar-refractivity contribution >= 4 is 5.91 Å². The van der Waals surface area contributed by atoms with Gasteiger partial charge in [-0.1, -0.05) is 6.92 Å². The SMILES string of the molecule is CC1CCC(N(C)C(=O)[C@@H]2CC[C@H](CN)O2)CC1. The lowest BCUT2D eigenvalue weighted by molar-refractivity contribution is -0.144. The van der Waals surface area contributed by atoms with Gasteiger partial charge in [0.2, 0.25) is 0 Å². The Morgan fingerprint density at radius 2 is 1.89 bits per heavy atom. The highest BCUT2D eigenvalue weighted by atomic mass is 16.5. The lowest BCUT2D eigenvalue weighted by Crippen LogP contribution is -2.44. The zero-order valence-electron chi connectivity index (χ0n) is 11.6. The molecule has 0 radical (unpaired) electrons. The van der Waals surface area contributed by atoms with Gasteiger partial charge in [0.1, 0.15) is 6.10 Å². The molecule has 2 atom stereocenters. The number of hydrogen-bond acceptors (Lipinski definition) is 3. The van der Waals surface area contributed by atoms with E-state index >= 15 is 0 Å². The van der Waals surface area contributed by atoms with Gasteiger partial charge in [0.05, 0.1) is 6.10 Å². The number of nitrogens with two attached hydrogens (primary N) is 1. The Morgan fingerprint density at radius 3 is 2.44 bits per heavy atom. The van der Waals surface area contributed by atoms with E-state index in [1.165, 1.54) is 12.8 Å². The highest BCUT2D eigenvalue weighted by Gasteiger charge is 2.34. The first-order valence-corrected chi connectivity index (χ1v) is 7.24. The number of hydrogen-bond donors (Lipinski definition) is 1. The molecule has 0 aromatic heterocycles. The van der Waals surface area contributed by atoms with Crippen LogP contribution in [0.5, 0.6) is 0 Å². The minimum atomic E-state index is -0.247. The summed E-state index contributed by atoms with van der Waals surface area (Å²) >= 11 is 0. The molecule has 1 saturated carbocycles. The second-order valence-electron chi connectivity index (χ2n) is 5.92. The molecule has 2 fully saturated rings. The number of ether oxygens (including phenoxy) is 1. The zero-order chi connectivity index (χ0) is 13.1. The van der Waals surface area contributed by atoms with Crippen LogP contribution in [0.3, 0.4) is 0 Å². The summed E-state index contributed by atoms with van der Waals surface area (Å²) in [6.07, 6.45) is 6.32. The number of carbonyl (C=O) groups excluding carboxylic acids is 1. The van der Waals surface area contributed by atoms with E-state index < -0.39 is 0 Å². The fraction of sp³-hybridized carbons (Fsp3) is 0.929. The van der Waals surface area contributed by atoms with Crippen LogP contribution in [-0.2, 0) is 9.53 Å². The van der Waals surface area contributed by atoms with Crippen molar-refractivity contribution in [3.8, 4) is 0 Å². The van der Waals surface area contributed by atoms with Gasteiger partial charge in [-0.05, 0) is 44.4 Å². The van der Waals surface area contributed by atoms with E-state index in [1.807, 2.05) is 11.9 Å². The minimum Gasteiger partial charge on any atom is -0.364 e. The maximum absolute atomic E-state index is 12.3. The molecule has 1 saturated heterocycles. The van der Waals surface area contributed by atoms with Crippen molar-refractivity contribution in [2.75, 3.05) is 13.6 Å². The van der Waals surface area contributed by atoms with Crippen LogP contribution in [0.25, 0.3) is 0 Å². The molecule has 1 aliphatic carbocycles. The molecule has 0 unspecified atom stereocenters. The number of likely N-dealkylation sites (N-methyl/N-ethyl adjacent to an activating group) is 1. The van der Waals surface area contributed by atoms with Crippen molar-refractivity contribution in [3.63, 3.8) is 0 Å². The molecule has 4 nitrogen and oxygen atoms in total. The number of carbonyl (C=O) groups is 1. The maximum Gasteiger partial charge on any atom is 0.251 e. The van der Waals surface area contributed by atoms with E-state index in [0.717, 1.165) is 31.6 Å². The molecule has 1 amide bonds. The third-order valence-corrected chi connectivity index (χ3v) is 4.53. The van der Waals surface area contributed by atoms with Gasteiger partial charge < -0.3 is 15.4 Å². The monoisotopic (exact) mass is 254 g/mol. The first-order chi connectivity index (χ1) is 8.61. The van der Waals surface area contributed by atoms with E-state index in [1.54, 1.807) is 0 Å². The van der Waals surface area contributed by atoms with Crippen molar-refractivity contribution in [1.82, 2.24) is 4.90 Å². The average molecular weight is 254 g/mol. The van der Waals surface area contributed by atoms with Crippen LogP contribution in [0, 0.1) is 5.92 Å². The van der Waals surface area contributed by atoms with Crippen LogP contribution >= 0.6 is 0 Å². The summed E-state index contributed by atoms with van der Waals surface area (Å²) in [6.45, 7) is 2.82. The second-order valence-corrected chi connectivity index (χ2v) is 5.92. The van der Waals surface area contributed by atoms with Crippen molar-refractivity contribution in [1.29, 1.82) is 0 Å². The van der Waals surface area contributed by atoms with Gasteiger partial charge in [-0.2, -0.15) is 0 Å². The second kappa shape index (κ2) is 6.02. The molecular weight excluding hydrogens is 228 g/mol. The molecular formula is C14H26N2O2. The van der Waals surface area contributed by atoms with E-state index in [-0.39, 0.29) is 18.1 Å². The van der Waals surface area contributed by atoms with E-state index in [2.05, 4.69) is 6.92 Å². The van der Waals surface area contributed by atoms with Gasteiger partial charge in [0.15, 0.2) is 0 Å². The third kappa shape index (κ3) is 3.04. The Bertz CT molecular complexity index is 288. The summed E-state index contributed by atoms with van der Waals surface area (Å²) in [7, 11) is 1.93. The lowest BCUT2D eigenvalue weighted by atomic mass is 9.86. The van der Waals surface area contributed by atoms with E-state index in [9.17, 15) is 4.79 Å². The van der Waals surface area contributed by atoms with Crippen LogP contribution in [0.2, 0.25) is 0 Å². The summed E-state index contributed by atoms with van der Waals surface area (Å²) in [6, 6.07) is 0.411. The largest absolute Gasteiger partial charge is 0.364 e. The Kier molecular flexibility index (Phi) is 4.62. The van der Waals surface area contributed by atoms with Gasteiger partial charge in [-0.3, -0.25) is 4.79 Å². The molecule has 18 heavy (non-hydrogen) atoms. The topological polar surface area (TPSA) is 55.6 Å². The predicted octanol–water partition coefficient (Wildman–Crippen LogP) is 1.53. The van der Waals surface area contributed by atoms with Gasteiger partial charge >= 0.3 is 0 Å². The number of rotatable bonds is 3. The molecule has 2 N–H and O–H groups in total. The molecule has 0 aromatic rings. The van der Waals surface area contributed by atoms with E-state index in [0.29, 0.717) is 12.6 Å². The summed E-state index contributed by atoms with van der Waals surface area (Å²) in [5, 5.41) is 0. The third-order valence-electron chi connectivity index (χ3n) is 4.53. The summed E-state index contributed by atoms with van der Waals surface area (Å²) in [5.41, 5.74) is 5.58. The fourth-order valence-corrected chi connectivity index (χ4v) is 3.10. The van der Waals surface area contributed by atoms with Gasteiger partial charge in [-0.15, -0.1) is 0 Å². The predicted molar refractivity (Wildman–Crippen MR) is 71.1 cm³/mol. The lowest BCUT2D eigenvalue weighted by Gasteiger charge is -2.34. The smallest absolute Gasteiger partial charge is 0.251 e. The Morgan fingerprint density at radius 1 is 1.22 bits per heavy atom. The standard InChI is InChI=1S/C14H26N2O2/c1-10-3-5-11(6-4-10)16(2)14(17)13-8-7-12(9-15)18-13/h10-13H,3-9,15H2,1-2H3/t10?,11?,12-,13+/m1/s1.